The summed E-state index contributed by atoms with van der Waals surface area (Å²) in [5.41, 5.74) is 5.43. The minimum Gasteiger partial charge on any atom is -0.174 e. The second-order valence-corrected chi connectivity index (χ2v) is 6.03. The van der Waals surface area contributed by atoms with Gasteiger partial charge in [-0.15, -0.1) is 11.3 Å². The Morgan fingerprint density at radius 3 is 2.35 bits per heavy atom. The zero-order valence-corrected chi connectivity index (χ0v) is 12.2. The molecule has 0 radical (unpaired) electrons. The number of thiophene rings is 1. The Kier molecular flexibility index (Phi) is 3.95. The van der Waals surface area contributed by atoms with Crippen LogP contribution in [0.2, 0.25) is 0 Å². The van der Waals surface area contributed by atoms with Crippen LogP contribution in [0.1, 0.15) is 35.8 Å². The van der Waals surface area contributed by atoms with Gasteiger partial charge in [0.1, 0.15) is 0 Å². The molecule has 0 unspecified atom stereocenters. The summed E-state index contributed by atoms with van der Waals surface area (Å²) in [4.78, 5) is 1.38. The lowest BCUT2D eigenvalue weighted by atomic mass is 9.97. The van der Waals surface area contributed by atoms with Crippen LogP contribution in [-0.4, -0.2) is 0 Å². The van der Waals surface area contributed by atoms with Gasteiger partial charge in [0.15, 0.2) is 0 Å². The van der Waals surface area contributed by atoms with Crippen LogP contribution in [0.5, 0.6) is 0 Å². The highest BCUT2D eigenvalue weighted by Gasteiger charge is 2.10. The lowest BCUT2D eigenvalue weighted by Crippen LogP contribution is -1.88. The van der Waals surface area contributed by atoms with Crippen molar-refractivity contribution in [2.45, 2.75) is 32.4 Å². The highest BCUT2D eigenvalue weighted by atomic mass is 32.1. The molecule has 0 aliphatic carbocycles. The maximum atomic E-state index is 4.40. The van der Waals surface area contributed by atoms with Crippen molar-refractivity contribution in [1.29, 1.82) is 0 Å². The zero-order valence-electron chi connectivity index (χ0n) is 10.5. The molecule has 0 amide bonds. The van der Waals surface area contributed by atoms with Crippen LogP contribution >= 0.6 is 24.0 Å². The molecule has 0 saturated heterocycles. The van der Waals surface area contributed by atoms with Gasteiger partial charge < -0.3 is 0 Å². The molecule has 0 spiro atoms. The maximum absolute atomic E-state index is 4.40. The summed E-state index contributed by atoms with van der Waals surface area (Å²) in [6.45, 7) is 6.64. The number of hydrogen-bond acceptors (Lipinski definition) is 2. The lowest BCUT2D eigenvalue weighted by molar-refractivity contribution is 0.867. The van der Waals surface area contributed by atoms with E-state index in [0.717, 1.165) is 5.75 Å². The van der Waals surface area contributed by atoms with E-state index in [4.69, 9.17) is 0 Å². The Morgan fingerprint density at radius 2 is 1.82 bits per heavy atom. The third-order valence-corrected chi connectivity index (χ3v) is 4.39. The van der Waals surface area contributed by atoms with E-state index in [-0.39, 0.29) is 0 Å². The van der Waals surface area contributed by atoms with Gasteiger partial charge in [-0.05, 0) is 40.5 Å². The molecule has 0 aliphatic rings. The van der Waals surface area contributed by atoms with Crippen molar-refractivity contribution >= 4 is 24.0 Å². The fourth-order valence-electron chi connectivity index (χ4n) is 2.04. The number of thiol groups is 1. The summed E-state index contributed by atoms with van der Waals surface area (Å²) >= 11 is 6.22. The molecule has 2 aromatic rings. The Labute approximate surface area is 113 Å². The highest BCUT2D eigenvalue weighted by molar-refractivity contribution is 7.79. The van der Waals surface area contributed by atoms with E-state index >= 15 is 0 Å². The van der Waals surface area contributed by atoms with Crippen LogP contribution < -0.4 is 0 Å². The van der Waals surface area contributed by atoms with Crippen LogP contribution in [-0.2, 0) is 5.75 Å². The van der Waals surface area contributed by atoms with Crippen LogP contribution in [0.25, 0.3) is 11.1 Å². The van der Waals surface area contributed by atoms with Crippen molar-refractivity contribution < 1.29 is 0 Å². The van der Waals surface area contributed by atoms with Crippen molar-refractivity contribution in [2.24, 2.45) is 0 Å². The van der Waals surface area contributed by atoms with E-state index in [1.807, 2.05) is 11.3 Å². The van der Waals surface area contributed by atoms with Crippen molar-refractivity contribution in [3.8, 4) is 11.1 Å². The van der Waals surface area contributed by atoms with Gasteiger partial charge in [0.25, 0.3) is 0 Å². The van der Waals surface area contributed by atoms with Crippen LogP contribution in [0.15, 0.2) is 29.6 Å². The summed E-state index contributed by atoms with van der Waals surface area (Å²) in [5.74, 6) is 1.41. The Bertz CT molecular complexity index is 492. The summed E-state index contributed by atoms with van der Waals surface area (Å²) < 4.78 is 0. The van der Waals surface area contributed by atoms with Gasteiger partial charge in [0.05, 0.1) is 0 Å². The van der Waals surface area contributed by atoms with E-state index in [1.54, 1.807) is 0 Å². The van der Waals surface area contributed by atoms with Gasteiger partial charge >= 0.3 is 0 Å². The van der Waals surface area contributed by atoms with E-state index < -0.39 is 0 Å². The minimum atomic E-state index is 0.594. The zero-order chi connectivity index (χ0) is 12.4. The molecule has 0 atom stereocenters. The van der Waals surface area contributed by atoms with E-state index in [1.165, 1.54) is 27.1 Å². The molecule has 2 rings (SSSR count). The van der Waals surface area contributed by atoms with Crippen LogP contribution in [0.4, 0.5) is 0 Å². The Hall–Kier alpha value is -0.730. The van der Waals surface area contributed by atoms with Crippen molar-refractivity contribution in [1.82, 2.24) is 0 Å². The SMILES string of the molecule is Cc1scc(CS)c1-c1ccc(C(C)C)cc1. The maximum Gasteiger partial charge on any atom is 0.0168 e. The topological polar surface area (TPSA) is 0 Å². The van der Waals surface area contributed by atoms with Crippen molar-refractivity contribution in [2.75, 3.05) is 0 Å². The third kappa shape index (κ3) is 2.58. The van der Waals surface area contributed by atoms with Gasteiger partial charge in [-0.25, -0.2) is 0 Å². The molecule has 0 fully saturated rings. The highest BCUT2D eigenvalue weighted by Crippen LogP contribution is 2.33. The molecule has 1 heterocycles. The van der Waals surface area contributed by atoms with Gasteiger partial charge in [0.2, 0.25) is 0 Å². The molecule has 90 valence electrons. The first-order chi connectivity index (χ1) is 8.13. The van der Waals surface area contributed by atoms with E-state index in [0.29, 0.717) is 5.92 Å². The fraction of sp³-hybridized carbons (Fsp3) is 0.333. The summed E-state index contributed by atoms with van der Waals surface area (Å²) in [6.07, 6.45) is 0. The lowest BCUT2D eigenvalue weighted by Gasteiger charge is -2.08. The second-order valence-electron chi connectivity index (χ2n) is 4.63. The molecular weight excluding hydrogens is 244 g/mol. The predicted molar refractivity (Wildman–Crippen MR) is 81.3 cm³/mol. The monoisotopic (exact) mass is 262 g/mol. The largest absolute Gasteiger partial charge is 0.174 e. The number of hydrogen-bond donors (Lipinski definition) is 1. The van der Waals surface area contributed by atoms with Gasteiger partial charge in [0, 0.05) is 10.6 Å². The van der Waals surface area contributed by atoms with Crippen LogP contribution in [0.3, 0.4) is 0 Å². The fourth-order valence-corrected chi connectivity index (χ4v) is 3.30. The van der Waals surface area contributed by atoms with E-state index in [9.17, 15) is 0 Å². The first kappa shape index (κ1) is 12.7. The molecule has 0 nitrogen and oxygen atoms in total. The molecule has 1 aromatic carbocycles. The number of aryl methyl sites for hydroxylation is 1. The van der Waals surface area contributed by atoms with Gasteiger partial charge in [-0.2, -0.15) is 12.6 Å². The number of rotatable bonds is 3. The summed E-state index contributed by atoms with van der Waals surface area (Å²) in [5, 5.41) is 2.22. The minimum absolute atomic E-state index is 0.594. The van der Waals surface area contributed by atoms with E-state index in [2.05, 4.69) is 63.0 Å². The summed E-state index contributed by atoms with van der Waals surface area (Å²) in [7, 11) is 0. The molecule has 0 bridgehead atoms. The normalized spacial score (nSPS) is 11.1. The quantitative estimate of drug-likeness (QED) is 0.715. The number of benzene rings is 1. The van der Waals surface area contributed by atoms with Crippen LogP contribution in [0, 0.1) is 6.92 Å². The Balaban J connectivity index is 2.42. The first-order valence-electron chi connectivity index (χ1n) is 5.91. The predicted octanol–water partition coefficient (Wildman–Crippen LogP) is 5.28. The molecule has 0 saturated carbocycles. The first-order valence-corrected chi connectivity index (χ1v) is 7.43. The molecular formula is C15H18S2. The van der Waals surface area contributed by atoms with Crippen molar-refractivity contribution in [3.05, 3.63) is 45.6 Å². The smallest absolute Gasteiger partial charge is 0.0168 e. The standard InChI is InChI=1S/C15H18S2/c1-10(2)12-4-6-13(7-5-12)15-11(3)17-9-14(15)8-16/h4-7,9-10,16H,8H2,1-3H3. The van der Waals surface area contributed by atoms with Gasteiger partial charge in [-0.3, -0.25) is 0 Å². The summed E-state index contributed by atoms with van der Waals surface area (Å²) in [6, 6.07) is 8.94. The second kappa shape index (κ2) is 5.28. The molecule has 1 aromatic heterocycles. The Morgan fingerprint density at radius 1 is 1.18 bits per heavy atom. The van der Waals surface area contributed by atoms with Gasteiger partial charge in [-0.1, -0.05) is 38.1 Å². The molecule has 2 heteroatoms. The molecule has 17 heavy (non-hydrogen) atoms. The average Bonchev–Trinajstić information content (AvgIpc) is 2.70. The van der Waals surface area contributed by atoms with Crippen molar-refractivity contribution in [3.63, 3.8) is 0 Å². The third-order valence-electron chi connectivity index (χ3n) is 3.09. The average molecular weight is 262 g/mol. The molecule has 0 aliphatic heterocycles. The molecule has 0 N–H and O–H groups in total.